The molecular weight excluding hydrogens is 296 g/mol. The molecule has 0 aromatic carbocycles. The van der Waals surface area contributed by atoms with Gasteiger partial charge in [0.05, 0.1) is 5.92 Å². The molecule has 4 fully saturated rings. The van der Waals surface area contributed by atoms with Crippen molar-refractivity contribution >= 4 is 0 Å². The molecule has 4 aliphatic carbocycles. The molecule has 2 aromatic rings. The van der Waals surface area contributed by atoms with Crippen molar-refractivity contribution in [1.82, 2.24) is 0 Å². The molecule has 2 nitrogen and oxygen atoms in total. The summed E-state index contributed by atoms with van der Waals surface area (Å²) in [6, 6.07) is 8.78. The van der Waals surface area contributed by atoms with Gasteiger partial charge in [0.2, 0.25) is 0 Å². The summed E-state index contributed by atoms with van der Waals surface area (Å²) in [5.74, 6) is 10.1. The zero-order valence-electron chi connectivity index (χ0n) is 14.4. The van der Waals surface area contributed by atoms with E-state index >= 15 is 0 Å². The van der Waals surface area contributed by atoms with E-state index < -0.39 is 0 Å². The Hall–Kier alpha value is -1.44. The van der Waals surface area contributed by atoms with E-state index in [2.05, 4.69) is 31.2 Å². The van der Waals surface area contributed by atoms with Crippen molar-refractivity contribution in [2.24, 2.45) is 23.7 Å². The van der Waals surface area contributed by atoms with Gasteiger partial charge >= 0.3 is 0 Å². The van der Waals surface area contributed by atoms with Crippen LogP contribution < -0.4 is 0 Å². The lowest BCUT2D eigenvalue weighted by molar-refractivity contribution is 0.400. The maximum absolute atomic E-state index is 6.23. The van der Waals surface area contributed by atoms with E-state index in [0.717, 1.165) is 35.2 Å². The molecule has 126 valence electrons. The van der Waals surface area contributed by atoms with Gasteiger partial charge in [0.15, 0.2) is 0 Å². The lowest BCUT2D eigenvalue weighted by atomic mass is 10.1. The number of hydrogen-bond donors (Lipinski definition) is 0. The standard InChI is InChI=1S/C22H26O2/c1-12(19-6-8-21(23-19)17-10-15(17)13-2-3-13)20-7-9-22(24-20)18-11-16(18)14-4-5-14/h6-9,12-18H,2-5,10-11H2,1H3/t12?,15-,16+,17-,18-/m1/s1. The third kappa shape index (κ3) is 2.29. The summed E-state index contributed by atoms with van der Waals surface area (Å²) in [5, 5.41) is 0. The molecule has 0 bridgehead atoms. The molecule has 24 heavy (non-hydrogen) atoms. The van der Waals surface area contributed by atoms with Crippen LogP contribution in [0.25, 0.3) is 0 Å². The van der Waals surface area contributed by atoms with Crippen LogP contribution in [-0.4, -0.2) is 0 Å². The molecule has 2 aromatic heterocycles. The summed E-state index contributed by atoms with van der Waals surface area (Å²) in [6.07, 6.45) is 8.49. The molecule has 0 amide bonds. The highest BCUT2D eigenvalue weighted by Gasteiger charge is 2.50. The van der Waals surface area contributed by atoms with E-state index in [1.54, 1.807) is 0 Å². The molecule has 2 heteroatoms. The molecule has 5 atom stereocenters. The van der Waals surface area contributed by atoms with Crippen LogP contribution in [0, 0.1) is 23.7 Å². The predicted molar refractivity (Wildman–Crippen MR) is 92.1 cm³/mol. The predicted octanol–water partition coefficient (Wildman–Crippen LogP) is 6.05. The highest BCUT2D eigenvalue weighted by atomic mass is 16.4. The van der Waals surface area contributed by atoms with Crippen molar-refractivity contribution in [2.45, 2.75) is 63.2 Å². The lowest BCUT2D eigenvalue weighted by Gasteiger charge is -2.05. The summed E-state index contributed by atoms with van der Waals surface area (Å²) in [7, 11) is 0. The molecule has 0 saturated heterocycles. The monoisotopic (exact) mass is 322 g/mol. The Morgan fingerprint density at radius 1 is 0.750 bits per heavy atom. The van der Waals surface area contributed by atoms with Crippen LogP contribution in [0.5, 0.6) is 0 Å². The average Bonchev–Trinajstić information content (AvgIpc) is 3.41. The van der Waals surface area contributed by atoms with Gasteiger partial charge < -0.3 is 8.83 Å². The minimum absolute atomic E-state index is 0.226. The summed E-state index contributed by atoms with van der Waals surface area (Å²) in [4.78, 5) is 0. The smallest absolute Gasteiger partial charge is 0.114 e. The first kappa shape index (κ1) is 13.8. The maximum atomic E-state index is 6.23. The van der Waals surface area contributed by atoms with Crippen molar-refractivity contribution in [3.05, 3.63) is 47.3 Å². The second-order valence-electron chi connectivity index (χ2n) is 8.89. The van der Waals surface area contributed by atoms with Gasteiger partial charge in [-0.2, -0.15) is 0 Å². The Balaban J connectivity index is 1.16. The fourth-order valence-corrected chi connectivity index (χ4v) is 4.92. The van der Waals surface area contributed by atoms with E-state index in [1.165, 1.54) is 50.0 Å². The molecule has 2 heterocycles. The van der Waals surface area contributed by atoms with Gasteiger partial charge in [-0.15, -0.1) is 0 Å². The van der Waals surface area contributed by atoms with Gasteiger partial charge in [-0.1, -0.05) is 0 Å². The fraction of sp³-hybridized carbons (Fsp3) is 0.636. The SMILES string of the molecule is CC(c1ccc([C@@H]2C[C@@H]2C2CC2)o1)c1ccc([C@@H]2C[C@H]2C2CC2)o1. The van der Waals surface area contributed by atoms with Gasteiger partial charge in [-0.25, -0.2) is 0 Å². The third-order valence-electron chi connectivity index (χ3n) is 7.01. The zero-order valence-corrected chi connectivity index (χ0v) is 14.4. The Kier molecular flexibility index (Phi) is 2.76. The summed E-state index contributed by atoms with van der Waals surface area (Å²) >= 11 is 0. The van der Waals surface area contributed by atoms with Crippen molar-refractivity contribution in [1.29, 1.82) is 0 Å². The molecule has 0 aliphatic heterocycles. The first-order valence-corrected chi connectivity index (χ1v) is 9.97. The second-order valence-corrected chi connectivity index (χ2v) is 8.89. The van der Waals surface area contributed by atoms with Crippen molar-refractivity contribution in [3.63, 3.8) is 0 Å². The van der Waals surface area contributed by atoms with Crippen LogP contribution in [-0.2, 0) is 0 Å². The van der Waals surface area contributed by atoms with Crippen LogP contribution >= 0.6 is 0 Å². The fourth-order valence-electron chi connectivity index (χ4n) is 4.92. The largest absolute Gasteiger partial charge is 0.465 e. The number of furan rings is 2. The van der Waals surface area contributed by atoms with E-state index in [0.29, 0.717) is 11.8 Å². The first-order valence-electron chi connectivity index (χ1n) is 9.97. The van der Waals surface area contributed by atoms with E-state index in [4.69, 9.17) is 8.83 Å². The molecule has 0 radical (unpaired) electrons. The number of rotatable bonds is 6. The van der Waals surface area contributed by atoms with Crippen molar-refractivity contribution in [2.75, 3.05) is 0 Å². The van der Waals surface area contributed by atoms with Gasteiger partial charge in [-0.05, 0) is 93.4 Å². The molecule has 6 rings (SSSR count). The first-order chi connectivity index (χ1) is 11.8. The van der Waals surface area contributed by atoms with Crippen LogP contribution in [0.15, 0.2) is 33.1 Å². The topological polar surface area (TPSA) is 26.3 Å². The van der Waals surface area contributed by atoms with Crippen molar-refractivity contribution in [3.8, 4) is 0 Å². The lowest BCUT2D eigenvalue weighted by Crippen LogP contribution is -1.92. The molecule has 4 aliphatic rings. The minimum Gasteiger partial charge on any atom is -0.465 e. The average molecular weight is 322 g/mol. The number of hydrogen-bond acceptors (Lipinski definition) is 2. The van der Waals surface area contributed by atoms with E-state index in [9.17, 15) is 0 Å². The molecule has 0 N–H and O–H groups in total. The quantitative estimate of drug-likeness (QED) is 0.647. The Morgan fingerprint density at radius 2 is 1.21 bits per heavy atom. The van der Waals surface area contributed by atoms with Crippen molar-refractivity contribution < 1.29 is 8.83 Å². The third-order valence-corrected chi connectivity index (χ3v) is 7.01. The second kappa shape index (κ2) is 4.80. The minimum atomic E-state index is 0.226. The van der Waals surface area contributed by atoms with E-state index in [-0.39, 0.29) is 5.92 Å². The van der Waals surface area contributed by atoms with Crippen LogP contribution in [0.1, 0.15) is 86.2 Å². The van der Waals surface area contributed by atoms with Gasteiger partial charge in [0, 0.05) is 11.8 Å². The molecule has 1 unspecified atom stereocenters. The molecule has 4 saturated carbocycles. The Bertz CT molecular complexity index is 696. The van der Waals surface area contributed by atoms with Gasteiger partial charge in [0.25, 0.3) is 0 Å². The summed E-state index contributed by atoms with van der Waals surface area (Å²) in [6.45, 7) is 2.21. The summed E-state index contributed by atoms with van der Waals surface area (Å²) < 4.78 is 12.5. The van der Waals surface area contributed by atoms with Crippen LogP contribution in [0.3, 0.4) is 0 Å². The molecule has 0 spiro atoms. The summed E-state index contributed by atoms with van der Waals surface area (Å²) in [5.41, 5.74) is 0. The zero-order chi connectivity index (χ0) is 15.8. The Morgan fingerprint density at radius 3 is 1.62 bits per heavy atom. The highest BCUT2D eigenvalue weighted by molar-refractivity contribution is 5.27. The normalized spacial score (nSPS) is 35.9. The molecular formula is C22H26O2. The van der Waals surface area contributed by atoms with E-state index in [1.807, 2.05) is 0 Å². The van der Waals surface area contributed by atoms with Gasteiger partial charge in [-0.3, -0.25) is 0 Å². The highest BCUT2D eigenvalue weighted by Crippen LogP contribution is 2.60. The van der Waals surface area contributed by atoms with Crippen LogP contribution in [0.4, 0.5) is 0 Å². The Labute approximate surface area is 143 Å². The maximum Gasteiger partial charge on any atom is 0.114 e. The van der Waals surface area contributed by atoms with Crippen LogP contribution in [0.2, 0.25) is 0 Å². The van der Waals surface area contributed by atoms with Gasteiger partial charge in [0.1, 0.15) is 23.0 Å².